The normalized spacial score (nSPS) is 14.3. The Bertz CT molecular complexity index is 1540. The smallest absolute Gasteiger partial charge is 0.261 e. The molecule has 3 heterocycles. The van der Waals surface area contributed by atoms with Crippen molar-refractivity contribution in [3.8, 4) is 11.3 Å². The third-order valence-electron chi connectivity index (χ3n) is 6.45. The van der Waals surface area contributed by atoms with Gasteiger partial charge in [-0.1, -0.05) is 12.1 Å². The molecule has 2 aromatic heterocycles. The Labute approximate surface area is 246 Å². The Morgan fingerprint density at radius 3 is 2.33 bits per heavy atom. The van der Waals surface area contributed by atoms with Crippen LogP contribution in [0.2, 0.25) is 0 Å². The molecule has 0 radical (unpaired) electrons. The van der Waals surface area contributed by atoms with Crippen LogP contribution >= 0.6 is 0 Å². The van der Waals surface area contributed by atoms with Gasteiger partial charge in [-0.25, -0.2) is 9.97 Å². The van der Waals surface area contributed by atoms with Crippen LogP contribution in [0.5, 0.6) is 0 Å². The zero-order valence-electron chi connectivity index (χ0n) is 23.6. The molecule has 220 valence electrons. The number of hydrogen-bond donors (Lipinski definition) is 3. The minimum absolute atomic E-state index is 0.129. The van der Waals surface area contributed by atoms with Gasteiger partial charge in [0, 0.05) is 60.7 Å². The first-order valence-corrected chi connectivity index (χ1v) is 15.3. The average molecular weight is 590 g/mol. The standard InChI is InChI=1S/C29H31N7O.CH4O3S/c1-35-16-3-17-36(19-18-35)21-22-5-7-23(8-6-22)28(37)32-25-9-11-26(12-10-25)33-29-31-15-13-27(34-29)24-4-2-14-30-20-24;1-5(2,3)4/h2,4-15,20H,3,16-19,21H2,1H3,(H,32,37)(H,31,33,34);1H3,(H,2,3,4). The molecule has 0 aliphatic carbocycles. The highest BCUT2D eigenvalue weighted by molar-refractivity contribution is 7.85. The highest BCUT2D eigenvalue weighted by atomic mass is 32.2. The summed E-state index contributed by atoms with van der Waals surface area (Å²) >= 11 is 0. The summed E-state index contributed by atoms with van der Waals surface area (Å²) in [6.45, 7) is 5.35. The fourth-order valence-electron chi connectivity index (χ4n) is 4.34. The van der Waals surface area contributed by atoms with E-state index in [1.54, 1.807) is 18.6 Å². The van der Waals surface area contributed by atoms with E-state index in [9.17, 15) is 13.2 Å². The average Bonchev–Trinajstić information content (AvgIpc) is 3.18. The molecule has 12 heteroatoms. The Balaban J connectivity index is 0.000000748. The predicted molar refractivity (Wildman–Crippen MR) is 164 cm³/mol. The van der Waals surface area contributed by atoms with Crippen LogP contribution in [0.3, 0.4) is 0 Å². The number of hydrogen-bond acceptors (Lipinski definition) is 9. The minimum atomic E-state index is -3.67. The number of pyridine rings is 1. The predicted octanol–water partition coefficient (Wildman–Crippen LogP) is 4.18. The van der Waals surface area contributed by atoms with E-state index in [-0.39, 0.29) is 5.91 Å². The molecule has 0 bridgehead atoms. The number of rotatable bonds is 7. The third-order valence-corrected chi connectivity index (χ3v) is 6.45. The fourth-order valence-corrected chi connectivity index (χ4v) is 4.34. The van der Waals surface area contributed by atoms with Gasteiger partial charge in [0.25, 0.3) is 16.0 Å². The first-order valence-electron chi connectivity index (χ1n) is 13.5. The molecule has 1 amide bonds. The molecule has 42 heavy (non-hydrogen) atoms. The number of anilines is 3. The van der Waals surface area contributed by atoms with Crippen molar-refractivity contribution >= 4 is 33.3 Å². The van der Waals surface area contributed by atoms with Gasteiger partial charge in [0.2, 0.25) is 5.95 Å². The molecular weight excluding hydrogens is 554 g/mol. The van der Waals surface area contributed by atoms with Gasteiger partial charge in [-0.05, 0) is 86.7 Å². The molecule has 4 aromatic rings. The molecule has 1 aliphatic heterocycles. The van der Waals surface area contributed by atoms with Gasteiger partial charge in [0.1, 0.15) is 0 Å². The van der Waals surface area contributed by atoms with Crippen molar-refractivity contribution in [3.05, 3.63) is 96.4 Å². The lowest BCUT2D eigenvalue weighted by Gasteiger charge is -2.20. The molecule has 5 rings (SSSR count). The van der Waals surface area contributed by atoms with E-state index in [0.29, 0.717) is 17.8 Å². The zero-order chi connectivity index (χ0) is 30.0. The van der Waals surface area contributed by atoms with Crippen LogP contribution in [0, 0.1) is 0 Å². The van der Waals surface area contributed by atoms with Crippen molar-refractivity contribution in [3.63, 3.8) is 0 Å². The third kappa shape index (κ3) is 10.3. The Morgan fingerprint density at radius 1 is 0.929 bits per heavy atom. The summed E-state index contributed by atoms with van der Waals surface area (Å²) in [5.41, 5.74) is 5.13. The topological polar surface area (TPSA) is 141 Å². The van der Waals surface area contributed by atoms with E-state index >= 15 is 0 Å². The molecule has 1 aliphatic rings. The number of likely N-dealkylation sites (N-methyl/N-ethyl adjacent to an activating group) is 1. The molecule has 0 saturated carbocycles. The molecule has 1 fully saturated rings. The zero-order valence-corrected chi connectivity index (χ0v) is 24.5. The van der Waals surface area contributed by atoms with Crippen molar-refractivity contribution in [2.45, 2.75) is 13.0 Å². The summed E-state index contributed by atoms with van der Waals surface area (Å²) in [5.74, 6) is 0.363. The Kier molecular flexibility index (Phi) is 10.7. The number of carbonyl (C=O) groups excluding carboxylic acids is 1. The summed E-state index contributed by atoms with van der Waals surface area (Å²) in [4.78, 5) is 30.7. The number of aromatic nitrogens is 3. The van der Waals surface area contributed by atoms with E-state index in [4.69, 9.17) is 4.55 Å². The second-order valence-electron chi connectivity index (χ2n) is 10.0. The van der Waals surface area contributed by atoms with Crippen LogP contribution in [-0.4, -0.2) is 83.1 Å². The molecule has 11 nitrogen and oxygen atoms in total. The summed E-state index contributed by atoms with van der Waals surface area (Å²) in [6, 6.07) is 21.1. The van der Waals surface area contributed by atoms with Crippen LogP contribution < -0.4 is 10.6 Å². The second-order valence-corrected chi connectivity index (χ2v) is 11.5. The maximum atomic E-state index is 12.8. The molecule has 2 aromatic carbocycles. The maximum Gasteiger partial charge on any atom is 0.261 e. The largest absolute Gasteiger partial charge is 0.324 e. The van der Waals surface area contributed by atoms with Crippen molar-refractivity contribution < 1.29 is 17.8 Å². The highest BCUT2D eigenvalue weighted by Crippen LogP contribution is 2.20. The lowest BCUT2D eigenvalue weighted by Crippen LogP contribution is -2.28. The van der Waals surface area contributed by atoms with E-state index in [0.717, 1.165) is 55.4 Å². The van der Waals surface area contributed by atoms with Gasteiger partial charge in [-0.2, -0.15) is 8.42 Å². The van der Waals surface area contributed by atoms with Crippen molar-refractivity contribution in [2.75, 3.05) is 50.1 Å². The van der Waals surface area contributed by atoms with Gasteiger partial charge in [0.15, 0.2) is 0 Å². The first kappa shape index (κ1) is 30.7. The number of carbonyl (C=O) groups is 1. The van der Waals surface area contributed by atoms with E-state index in [1.165, 1.54) is 12.0 Å². The van der Waals surface area contributed by atoms with E-state index in [2.05, 4.69) is 54.6 Å². The molecule has 1 saturated heterocycles. The first-order chi connectivity index (χ1) is 20.1. The van der Waals surface area contributed by atoms with Crippen LogP contribution in [0.25, 0.3) is 11.3 Å². The van der Waals surface area contributed by atoms with Gasteiger partial charge >= 0.3 is 0 Å². The number of nitrogens with one attached hydrogen (secondary N) is 2. The van der Waals surface area contributed by atoms with Gasteiger partial charge < -0.3 is 15.5 Å². The van der Waals surface area contributed by atoms with Crippen LogP contribution in [0.15, 0.2) is 85.3 Å². The summed E-state index contributed by atoms with van der Waals surface area (Å²) in [5, 5.41) is 6.18. The van der Waals surface area contributed by atoms with E-state index < -0.39 is 10.1 Å². The monoisotopic (exact) mass is 589 g/mol. The van der Waals surface area contributed by atoms with Crippen molar-refractivity contribution in [1.82, 2.24) is 24.8 Å². The van der Waals surface area contributed by atoms with Crippen LogP contribution in [-0.2, 0) is 16.7 Å². The molecule has 0 spiro atoms. The highest BCUT2D eigenvalue weighted by Gasteiger charge is 2.13. The molecule has 0 unspecified atom stereocenters. The summed E-state index contributed by atoms with van der Waals surface area (Å²) in [6.07, 6.45) is 7.12. The molecule has 3 N–H and O–H groups in total. The lowest BCUT2D eigenvalue weighted by molar-refractivity contribution is 0.102. The van der Waals surface area contributed by atoms with Gasteiger partial charge in [0.05, 0.1) is 11.9 Å². The quantitative estimate of drug-likeness (QED) is 0.269. The SMILES string of the molecule is CN1CCCN(Cc2ccc(C(=O)Nc3ccc(Nc4nccc(-c5cccnc5)n4)cc3)cc2)CC1.CS(=O)(=O)O. The maximum absolute atomic E-state index is 12.8. The number of benzene rings is 2. The van der Waals surface area contributed by atoms with Crippen LogP contribution in [0.4, 0.5) is 17.3 Å². The van der Waals surface area contributed by atoms with Crippen LogP contribution in [0.1, 0.15) is 22.3 Å². The van der Waals surface area contributed by atoms with E-state index in [1.807, 2.05) is 54.6 Å². The van der Waals surface area contributed by atoms with Crippen molar-refractivity contribution in [1.29, 1.82) is 0 Å². The number of amides is 1. The molecule has 0 atom stereocenters. The minimum Gasteiger partial charge on any atom is -0.324 e. The fraction of sp³-hybridized carbons (Fsp3) is 0.267. The Morgan fingerprint density at radius 2 is 1.64 bits per heavy atom. The van der Waals surface area contributed by atoms with Crippen molar-refractivity contribution in [2.24, 2.45) is 0 Å². The van der Waals surface area contributed by atoms with Gasteiger partial charge in [-0.3, -0.25) is 19.2 Å². The summed E-state index contributed by atoms with van der Waals surface area (Å²) < 4.78 is 25.9. The van der Waals surface area contributed by atoms with Gasteiger partial charge in [-0.15, -0.1) is 0 Å². The Hall–Kier alpha value is -4.23. The lowest BCUT2D eigenvalue weighted by atomic mass is 10.1. The second kappa shape index (κ2) is 14.6. The molecular formula is C30H35N7O4S. The summed E-state index contributed by atoms with van der Waals surface area (Å²) in [7, 11) is -1.49. The number of nitrogens with zero attached hydrogens (tertiary/aromatic N) is 5.